The van der Waals surface area contributed by atoms with E-state index in [4.69, 9.17) is 23.2 Å². The molecule has 7 nitrogen and oxygen atoms in total. The van der Waals surface area contributed by atoms with E-state index in [9.17, 15) is 32.2 Å². The van der Waals surface area contributed by atoms with Crippen LogP contribution in [0.1, 0.15) is 24.6 Å². The van der Waals surface area contributed by atoms with Crippen LogP contribution in [0.2, 0.25) is 10.0 Å². The summed E-state index contributed by atoms with van der Waals surface area (Å²) in [6.45, 7) is -0.506. The summed E-state index contributed by atoms with van der Waals surface area (Å²) >= 11 is 11.6. The number of halogens is 4. The van der Waals surface area contributed by atoms with Gasteiger partial charge in [-0.3, -0.25) is 4.79 Å². The standard InChI is InChI=1S/C19H18Cl2F2N2O5S.H2/c20-14-2-1-12(31(29,30)25-5-3-19(28,10-26)4-6-25)9-13(14)18(27)24-11-7-15(21)17(23)16(22)8-11;/h1-2,7-9,26,28H,3-6,10H2,(H,24,27);1H. The number of anilines is 1. The molecule has 3 rings (SSSR count). The number of carbonyl (C=O) groups excluding carboxylic acids is 1. The summed E-state index contributed by atoms with van der Waals surface area (Å²) in [6, 6.07) is 5.26. The second-order valence-corrected chi connectivity index (χ2v) is 9.89. The molecule has 1 amide bonds. The van der Waals surface area contributed by atoms with E-state index in [0.717, 1.165) is 22.5 Å². The Morgan fingerprint density at radius 3 is 2.39 bits per heavy atom. The molecular formula is C19H20Cl2F2N2O5S. The quantitative estimate of drug-likeness (QED) is 0.550. The summed E-state index contributed by atoms with van der Waals surface area (Å²) in [5, 5.41) is 21.0. The van der Waals surface area contributed by atoms with Gasteiger partial charge in [0.15, 0.2) is 11.6 Å². The number of aliphatic hydroxyl groups is 2. The lowest BCUT2D eigenvalue weighted by Gasteiger charge is -2.36. The van der Waals surface area contributed by atoms with Gasteiger partial charge in [-0.2, -0.15) is 4.31 Å². The van der Waals surface area contributed by atoms with E-state index in [0.29, 0.717) is 0 Å². The number of nitrogens with zero attached hydrogens (tertiary/aromatic N) is 1. The van der Waals surface area contributed by atoms with Crippen LogP contribution in [0.15, 0.2) is 35.2 Å². The molecule has 0 aliphatic carbocycles. The SMILES string of the molecule is O=C(Nc1cc(F)c(F)c(Cl)c1)c1cc(S(=O)(=O)N2CCC(O)(CO)CC2)ccc1Cl.[HH]. The molecule has 0 radical (unpaired) electrons. The van der Waals surface area contributed by atoms with Crippen molar-refractivity contribution in [2.75, 3.05) is 25.0 Å². The molecule has 0 bridgehead atoms. The van der Waals surface area contributed by atoms with Gasteiger partial charge in [0.25, 0.3) is 5.91 Å². The third kappa shape index (κ3) is 5.00. The fourth-order valence-electron chi connectivity index (χ4n) is 3.11. The Balaban J connectivity index is 0.00000363. The Bertz CT molecular complexity index is 1110. The number of carbonyl (C=O) groups is 1. The maximum atomic E-state index is 13.5. The normalized spacial score (nSPS) is 16.8. The van der Waals surface area contributed by atoms with Gasteiger partial charge < -0.3 is 15.5 Å². The number of benzene rings is 2. The second-order valence-electron chi connectivity index (χ2n) is 7.14. The van der Waals surface area contributed by atoms with E-state index in [1.807, 2.05) is 0 Å². The van der Waals surface area contributed by atoms with Crippen molar-refractivity contribution in [3.63, 3.8) is 0 Å². The molecule has 0 saturated carbocycles. The molecule has 0 aromatic heterocycles. The molecule has 1 aliphatic rings. The summed E-state index contributed by atoms with van der Waals surface area (Å²) in [7, 11) is -4.01. The van der Waals surface area contributed by atoms with Gasteiger partial charge in [-0.1, -0.05) is 23.2 Å². The van der Waals surface area contributed by atoms with E-state index >= 15 is 0 Å². The van der Waals surface area contributed by atoms with Crippen LogP contribution in [-0.4, -0.2) is 54.1 Å². The zero-order chi connectivity index (χ0) is 23.0. The zero-order valence-electron chi connectivity index (χ0n) is 15.9. The fraction of sp³-hybridized carbons (Fsp3) is 0.316. The van der Waals surface area contributed by atoms with Gasteiger partial charge in [0.1, 0.15) is 0 Å². The summed E-state index contributed by atoms with van der Waals surface area (Å²) in [5.41, 5.74) is -1.67. The number of piperidine rings is 1. The van der Waals surface area contributed by atoms with Gasteiger partial charge in [0, 0.05) is 26.3 Å². The maximum Gasteiger partial charge on any atom is 0.257 e. The Morgan fingerprint density at radius 1 is 1.16 bits per heavy atom. The Labute approximate surface area is 188 Å². The van der Waals surface area contributed by atoms with E-state index in [1.165, 1.54) is 12.1 Å². The minimum Gasteiger partial charge on any atom is -0.393 e. The first-order chi connectivity index (χ1) is 14.5. The first-order valence-corrected chi connectivity index (χ1v) is 11.3. The second kappa shape index (κ2) is 8.97. The first-order valence-electron chi connectivity index (χ1n) is 9.06. The van der Waals surface area contributed by atoms with Crippen molar-refractivity contribution < 1.29 is 33.6 Å². The molecule has 0 unspecified atom stereocenters. The molecule has 170 valence electrons. The van der Waals surface area contributed by atoms with Gasteiger partial charge in [0.05, 0.1) is 32.7 Å². The summed E-state index contributed by atoms with van der Waals surface area (Å²) in [4.78, 5) is 12.4. The monoisotopic (exact) mass is 496 g/mol. The van der Waals surface area contributed by atoms with Crippen LogP contribution in [0, 0.1) is 11.6 Å². The van der Waals surface area contributed by atoms with Crippen molar-refractivity contribution in [2.45, 2.75) is 23.3 Å². The molecule has 31 heavy (non-hydrogen) atoms. The van der Waals surface area contributed by atoms with Crippen LogP contribution in [0.5, 0.6) is 0 Å². The van der Waals surface area contributed by atoms with Crippen LogP contribution in [0.3, 0.4) is 0 Å². The Hall–Kier alpha value is -1.82. The summed E-state index contributed by atoms with van der Waals surface area (Å²) in [5.74, 6) is -3.38. The largest absolute Gasteiger partial charge is 0.393 e. The van der Waals surface area contributed by atoms with E-state index in [-0.39, 0.29) is 48.5 Å². The van der Waals surface area contributed by atoms with Crippen molar-refractivity contribution >= 4 is 44.8 Å². The maximum absolute atomic E-state index is 13.5. The van der Waals surface area contributed by atoms with E-state index < -0.39 is 44.8 Å². The Morgan fingerprint density at radius 2 is 1.81 bits per heavy atom. The van der Waals surface area contributed by atoms with Crippen molar-refractivity contribution in [1.82, 2.24) is 4.31 Å². The predicted octanol–water partition coefficient (Wildman–Crippen LogP) is 3.28. The molecule has 2 aromatic rings. The van der Waals surface area contributed by atoms with Crippen molar-refractivity contribution in [3.05, 3.63) is 57.6 Å². The number of amides is 1. The highest BCUT2D eigenvalue weighted by molar-refractivity contribution is 7.89. The molecule has 2 aromatic carbocycles. The number of aliphatic hydroxyl groups excluding tert-OH is 1. The highest BCUT2D eigenvalue weighted by Gasteiger charge is 2.37. The minimum atomic E-state index is -4.01. The first kappa shape index (κ1) is 23.8. The van der Waals surface area contributed by atoms with Crippen molar-refractivity contribution in [3.8, 4) is 0 Å². The number of rotatable bonds is 5. The average molecular weight is 497 g/mol. The molecule has 1 heterocycles. The average Bonchev–Trinajstić information content (AvgIpc) is 2.72. The van der Waals surface area contributed by atoms with Gasteiger partial charge in [-0.25, -0.2) is 17.2 Å². The highest BCUT2D eigenvalue weighted by atomic mass is 35.5. The predicted molar refractivity (Wildman–Crippen MR) is 113 cm³/mol. The van der Waals surface area contributed by atoms with Gasteiger partial charge in [-0.15, -0.1) is 0 Å². The van der Waals surface area contributed by atoms with Crippen molar-refractivity contribution in [1.29, 1.82) is 0 Å². The minimum absolute atomic E-state index is 0. The molecule has 1 saturated heterocycles. The molecule has 3 N–H and O–H groups in total. The third-order valence-electron chi connectivity index (χ3n) is 5.01. The van der Waals surface area contributed by atoms with Crippen LogP contribution in [-0.2, 0) is 10.0 Å². The molecule has 1 aliphatic heterocycles. The van der Waals surface area contributed by atoms with Gasteiger partial charge in [0.2, 0.25) is 10.0 Å². The van der Waals surface area contributed by atoms with Crippen LogP contribution in [0.25, 0.3) is 0 Å². The van der Waals surface area contributed by atoms with Crippen LogP contribution < -0.4 is 5.32 Å². The molecule has 0 spiro atoms. The number of hydrogen-bond acceptors (Lipinski definition) is 5. The Kier molecular flexibility index (Phi) is 6.90. The van der Waals surface area contributed by atoms with Gasteiger partial charge in [-0.05, 0) is 37.1 Å². The lowest BCUT2D eigenvalue weighted by atomic mass is 9.94. The highest BCUT2D eigenvalue weighted by Crippen LogP contribution is 2.29. The summed E-state index contributed by atoms with van der Waals surface area (Å²) < 4.78 is 53.9. The smallest absolute Gasteiger partial charge is 0.257 e. The number of nitrogens with one attached hydrogen (secondary N) is 1. The molecular weight excluding hydrogens is 477 g/mol. The number of hydrogen-bond donors (Lipinski definition) is 3. The number of sulfonamides is 1. The van der Waals surface area contributed by atoms with Crippen LogP contribution >= 0.6 is 23.2 Å². The van der Waals surface area contributed by atoms with Crippen molar-refractivity contribution in [2.24, 2.45) is 0 Å². The molecule has 1 fully saturated rings. The lowest BCUT2D eigenvalue weighted by molar-refractivity contribution is -0.0480. The van der Waals surface area contributed by atoms with E-state index in [2.05, 4.69) is 5.32 Å². The lowest BCUT2D eigenvalue weighted by Crippen LogP contribution is -2.48. The molecule has 12 heteroatoms. The third-order valence-corrected chi connectivity index (χ3v) is 7.51. The summed E-state index contributed by atoms with van der Waals surface area (Å²) in [6.07, 6.45) is 0.112. The topological polar surface area (TPSA) is 107 Å². The fourth-order valence-corrected chi connectivity index (χ4v) is 4.99. The van der Waals surface area contributed by atoms with Crippen LogP contribution in [0.4, 0.5) is 14.5 Å². The zero-order valence-corrected chi connectivity index (χ0v) is 18.2. The molecule has 0 atom stereocenters. The van der Waals surface area contributed by atoms with Gasteiger partial charge >= 0.3 is 0 Å². The van der Waals surface area contributed by atoms with E-state index in [1.54, 1.807) is 0 Å².